The van der Waals surface area contributed by atoms with Crippen LogP contribution in [0.2, 0.25) is 0 Å². The molecule has 1 aromatic heterocycles. The lowest BCUT2D eigenvalue weighted by Gasteiger charge is -2.36. The smallest absolute Gasteiger partial charge is 0.404 e. The first-order chi connectivity index (χ1) is 18.0. The molecule has 11 nitrogen and oxygen atoms in total. The van der Waals surface area contributed by atoms with Gasteiger partial charge in [0.1, 0.15) is 0 Å². The van der Waals surface area contributed by atoms with Crippen LogP contribution in [0.3, 0.4) is 0 Å². The molecule has 2 aliphatic heterocycles. The van der Waals surface area contributed by atoms with Crippen molar-refractivity contribution in [1.29, 1.82) is 0 Å². The summed E-state index contributed by atoms with van der Waals surface area (Å²) in [5, 5.41) is 22.9. The van der Waals surface area contributed by atoms with Crippen molar-refractivity contribution in [3.8, 4) is 0 Å². The molecule has 0 unspecified atom stereocenters. The average Bonchev–Trinajstić information content (AvgIpc) is 3.44. The quantitative estimate of drug-likeness (QED) is 0.442. The van der Waals surface area contributed by atoms with E-state index in [2.05, 4.69) is 42.8 Å². The lowest BCUT2D eigenvalue weighted by atomic mass is 9.88. The predicted octanol–water partition coefficient (Wildman–Crippen LogP) is 3.07. The third-order valence-corrected chi connectivity index (χ3v) is 7.96. The molecule has 3 aliphatic rings. The predicted molar refractivity (Wildman–Crippen MR) is 140 cm³/mol. The number of amides is 2. The number of nitrogens with two attached hydrogens (primary N) is 1. The van der Waals surface area contributed by atoms with E-state index in [1.807, 2.05) is 17.0 Å². The van der Waals surface area contributed by atoms with Crippen LogP contribution in [-0.4, -0.2) is 75.5 Å². The standard InChI is InChI=1S/C26H36N8O3/c27-23(35)22-24(30-25(32-31-22)34-13-3-4-20(16-34)29-26(36)37)28-19-9-7-17(8-10-19)18-11-14-33(15-12-18)21-5-1-2-6-21/h7-10,18,20-21,29H,1-6,11-16H2,(H2,27,35)(H,36,37)(H,28,30,32)/t20-/m1/s1. The molecule has 5 N–H and O–H groups in total. The number of aromatic nitrogens is 3. The summed E-state index contributed by atoms with van der Waals surface area (Å²) in [7, 11) is 0. The zero-order chi connectivity index (χ0) is 25.8. The van der Waals surface area contributed by atoms with E-state index >= 15 is 0 Å². The van der Waals surface area contributed by atoms with Gasteiger partial charge in [-0.1, -0.05) is 25.0 Å². The van der Waals surface area contributed by atoms with Gasteiger partial charge in [0.2, 0.25) is 5.95 Å². The maximum atomic E-state index is 12.0. The van der Waals surface area contributed by atoms with E-state index in [1.165, 1.54) is 57.2 Å². The van der Waals surface area contributed by atoms with Crippen molar-refractivity contribution in [3.63, 3.8) is 0 Å². The maximum Gasteiger partial charge on any atom is 0.404 e. The second-order valence-corrected chi connectivity index (χ2v) is 10.4. The van der Waals surface area contributed by atoms with Crippen LogP contribution < -0.4 is 21.3 Å². The van der Waals surface area contributed by atoms with Gasteiger partial charge in [-0.25, -0.2) is 4.79 Å². The minimum Gasteiger partial charge on any atom is -0.465 e. The minimum absolute atomic E-state index is 0.0377. The Morgan fingerprint density at radius 2 is 1.68 bits per heavy atom. The summed E-state index contributed by atoms with van der Waals surface area (Å²) >= 11 is 0. The van der Waals surface area contributed by atoms with E-state index < -0.39 is 12.0 Å². The molecule has 0 bridgehead atoms. The van der Waals surface area contributed by atoms with Gasteiger partial charge in [-0.15, -0.1) is 10.2 Å². The second kappa shape index (κ2) is 11.3. The Hall–Kier alpha value is -3.47. The molecule has 198 valence electrons. The number of rotatable bonds is 7. The minimum atomic E-state index is -1.06. The van der Waals surface area contributed by atoms with Crippen LogP contribution in [-0.2, 0) is 0 Å². The summed E-state index contributed by atoms with van der Waals surface area (Å²) in [6.45, 7) is 3.44. The number of likely N-dealkylation sites (tertiary alicyclic amines) is 1. The molecule has 5 rings (SSSR count). The molecular weight excluding hydrogens is 472 g/mol. The summed E-state index contributed by atoms with van der Waals surface area (Å²) in [5.41, 5.74) is 7.61. The molecule has 3 heterocycles. The third kappa shape index (κ3) is 6.10. The van der Waals surface area contributed by atoms with E-state index in [1.54, 1.807) is 0 Å². The van der Waals surface area contributed by atoms with Gasteiger partial charge in [0.05, 0.1) is 0 Å². The topological polar surface area (TPSA) is 150 Å². The first kappa shape index (κ1) is 25.2. The van der Waals surface area contributed by atoms with Gasteiger partial charge < -0.3 is 31.3 Å². The molecule has 0 spiro atoms. The summed E-state index contributed by atoms with van der Waals surface area (Å²) in [5.74, 6) is 0.411. The summed E-state index contributed by atoms with van der Waals surface area (Å²) in [6, 6.07) is 8.86. The van der Waals surface area contributed by atoms with Gasteiger partial charge in [0.25, 0.3) is 5.91 Å². The van der Waals surface area contributed by atoms with Gasteiger partial charge in [0.15, 0.2) is 11.5 Å². The molecule has 3 fully saturated rings. The molecule has 2 aromatic rings. The Kier molecular flexibility index (Phi) is 7.68. The second-order valence-electron chi connectivity index (χ2n) is 10.4. The number of primary amides is 1. The molecule has 11 heteroatoms. The number of anilines is 3. The molecule has 1 aliphatic carbocycles. The van der Waals surface area contributed by atoms with Crippen LogP contribution in [0.4, 0.5) is 22.2 Å². The van der Waals surface area contributed by atoms with E-state index in [0.29, 0.717) is 25.0 Å². The van der Waals surface area contributed by atoms with Crippen molar-refractivity contribution < 1.29 is 14.7 Å². The van der Waals surface area contributed by atoms with Crippen LogP contribution in [0.25, 0.3) is 0 Å². The molecule has 0 radical (unpaired) electrons. The lowest BCUT2D eigenvalue weighted by molar-refractivity contribution is 0.0995. The fourth-order valence-electron chi connectivity index (χ4n) is 6.00. The summed E-state index contributed by atoms with van der Waals surface area (Å²) in [4.78, 5) is 32.1. The molecule has 1 aromatic carbocycles. The van der Waals surface area contributed by atoms with Gasteiger partial charge in [-0.3, -0.25) is 4.79 Å². The van der Waals surface area contributed by atoms with Crippen molar-refractivity contribution in [2.75, 3.05) is 36.4 Å². The fourth-order valence-corrected chi connectivity index (χ4v) is 6.00. The average molecular weight is 509 g/mol. The van der Waals surface area contributed by atoms with Crippen molar-refractivity contribution in [3.05, 3.63) is 35.5 Å². The Labute approximate surface area is 216 Å². The maximum absolute atomic E-state index is 12.0. The van der Waals surface area contributed by atoms with E-state index in [-0.39, 0.29) is 17.6 Å². The normalized spacial score (nSPS) is 21.6. The Balaban J connectivity index is 1.25. The first-order valence-electron chi connectivity index (χ1n) is 13.4. The van der Waals surface area contributed by atoms with Crippen LogP contribution >= 0.6 is 0 Å². The zero-order valence-corrected chi connectivity index (χ0v) is 21.1. The Bertz CT molecular complexity index is 1100. The van der Waals surface area contributed by atoms with E-state index in [0.717, 1.165) is 24.6 Å². The summed E-state index contributed by atoms with van der Waals surface area (Å²) < 4.78 is 0. The molecule has 1 atom stereocenters. The van der Waals surface area contributed by atoms with Crippen LogP contribution in [0.5, 0.6) is 0 Å². The largest absolute Gasteiger partial charge is 0.465 e. The monoisotopic (exact) mass is 508 g/mol. The van der Waals surface area contributed by atoms with Crippen molar-refractivity contribution in [2.45, 2.75) is 69.4 Å². The van der Waals surface area contributed by atoms with Crippen molar-refractivity contribution in [1.82, 2.24) is 25.4 Å². The van der Waals surface area contributed by atoms with E-state index in [4.69, 9.17) is 10.8 Å². The number of nitrogens with one attached hydrogen (secondary N) is 2. The van der Waals surface area contributed by atoms with Crippen molar-refractivity contribution >= 4 is 29.5 Å². The Morgan fingerprint density at radius 3 is 2.35 bits per heavy atom. The highest BCUT2D eigenvalue weighted by Gasteiger charge is 2.28. The van der Waals surface area contributed by atoms with E-state index in [9.17, 15) is 9.59 Å². The number of carboxylic acid groups (broad SMARTS) is 1. The number of hydrogen-bond donors (Lipinski definition) is 4. The fraction of sp³-hybridized carbons (Fsp3) is 0.577. The van der Waals surface area contributed by atoms with Crippen LogP contribution in [0.15, 0.2) is 24.3 Å². The molecule has 2 amide bonds. The van der Waals surface area contributed by atoms with Gasteiger partial charge >= 0.3 is 6.09 Å². The lowest BCUT2D eigenvalue weighted by Crippen LogP contribution is -2.48. The summed E-state index contributed by atoms with van der Waals surface area (Å²) in [6.07, 6.45) is 8.30. The number of benzene rings is 1. The number of carbonyl (C=O) groups is 2. The number of hydrogen-bond acceptors (Lipinski definition) is 8. The number of nitrogens with zero attached hydrogens (tertiary/aromatic N) is 5. The molecule has 1 saturated carbocycles. The molecule has 37 heavy (non-hydrogen) atoms. The highest BCUT2D eigenvalue weighted by molar-refractivity contribution is 5.96. The Morgan fingerprint density at radius 1 is 0.946 bits per heavy atom. The highest BCUT2D eigenvalue weighted by Crippen LogP contribution is 2.33. The van der Waals surface area contributed by atoms with Gasteiger partial charge in [-0.2, -0.15) is 4.98 Å². The number of carbonyl (C=O) groups excluding carboxylic acids is 1. The molecular formula is C26H36N8O3. The number of piperidine rings is 2. The zero-order valence-electron chi connectivity index (χ0n) is 21.1. The third-order valence-electron chi connectivity index (χ3n) is 7.96. The molecule has 2 saturated heterocycles. The highest BCUT2D eigenvalue weighted by atomic mass is 16.4. The van der Waals surface area contributed by atoms with Gasteiger partial charge in [-0.05, 0) is 75.2 Å². The van der Waals surface area contributed by atoms with Crippen LogP contribution in [0.1, 0.15) is 73.3 Å². The first-order valence-corrected chi connectivity index (χ1v) is 13.4. The van der Waals surface area contributed by atoms with Crippen molar-refractivity contribution in [2.24, 2.45) is 5.73 Å². The SMILES string of the molecule is NC(=O)c1nnc(N2CCC[C@@H](NC(=O)O)C2)nc1Nc1ccc(C2CCN(C3CCCC3)CC2)cc1. The van der Waals surface area contributed by atoms with Gasteiger partial charge in [0, 0.05) is 30.9 Å². The van der Waals surface area contributed by atoms with Crippen LogP contribution in [0, 0.1) is 0 Å².